The standard InChI is InChI=1S/C16H25NO3/c1-4-11(3)17-13(5-2)16(18)12-6-7-14-15(10-12)20-9-8-19-14/h6-7,10-11,13,16-18H,4-5,8-9H2,1-3H3. The number of aliphatic hydroxyl groups is 1. The second-order valence-electron chi connectivity index (χ2n) is 5.34. The van der Waals surface area contributed by atoms with Gasteiger partial charge in [0.25, 0.3) is 0 Å². The van der Waals surface area contributed by atoms with E-state index in [-0.39, 0.29) is 6.04 Å². The van der Waals surface area contributed by atoms with Crippen molar-refractivity contribution in [3.63, 3.8) is 0 Å². The van der Waals surface area contributed by atoms with Crippen LogP contribution in [0.5, 0.6) is 11.5 Å². The highest BCUT2D eigenvalue weighted by atomic mass is 16.6. The number of nitrogens with one attached hydrogen (secondary N) is 1. The minimum Gasteiger partial charge on any atom is -0.486 e. The van der Waals surface area contributed by atoms with E-state index in [1.54, 1.807) is 0 Å². The lowest BCUT2D eigenvalue weighted by atomic mass is 9.98. The Bertz CT molecular complexity index is 436. The third-order valence-electron chi connectivity index (χ3n) is 3.84. The molecule has 2 N–H and O–H groups in total. The molecule has 4 nitrogen and oxygen atoms in total. The highest BCUT2D eigenvalue weighted by molar-refractivity contribution is 5.44. The van der Waals surface area contributed by atoms with E-state index in [1.807, 2.05) is 18.2 Å². The van der Waals surface area contributed by atoms with Crippen molar-refractivity contribution in [3.05, 3.63) is 23.8 Å². The van der Waals surface area contributed by atoms with Gasteiger partial charge in [0.1, 0.15) is 13.2 Å². The Kier molecular flexibility index (Phi) is 5.26. The van der Waals surface area contributed by atoms with Crippen LogP contribution < -0.4 is 14.8 Å². The zero-order valence-corrected chi connectivity index (χ0v) is 12.6. The van der Waals surface area contributed by atoms with Crippen LogP contribution in [0.1, 0.15) is 45.3 Å². The first-order valence-electron chi connectivity index (χ1n) is 7.49. The fraction of sp³-hybridized carbons (Fsp3) is 0.625. The van der Waals surface area contributed by atoms with Crippen molar-refractivity contribution in [1.29, 1.82) is 0 Å². The molecule has 0 bridgehead atoms. The first-order valence-corrected chi connectivity index (χ1v) is 7.49. The zero-order valence-electron chi connectivity index (χ0n) is 12.6. The summed E-state index contributed by atoms with van der Waals surface area (Å²) in [5, 5.41) is 14.0. The van der Waals surface area contributed by atoms with Gasteiger partial charge < -0.3 is 19.9 Å². The second kappa shape index (κ2) is 6.95. The van der Waals surface area contributed by atoms with Gasteiger partial charge in [0.2, 0.25) is 0 Å². The Balaban J connectivity index is 2.12. The number of rotatable bonds is 6. The van der Waals surface area contributed by atoms with Crippen LogP contribution in [-0.4, -0.2) is 30.4 Å². The van der Waals surface area contributed by atoms with Gasteiger partial charge in [0.05, 0.1) is 6.10 Å². The van der Waals surface area contributed by atoms with Gasteiger partial charge in [-0.3, -0.25) is 0 Å². The summed E-state index contributed by atoms with van der Waals surface area (Å²) in [6.45, 7) is 7.51. The molecule has 112 valence electrons. The van der Waals surface area contributed by atoms with Gasteiger partial charge in [-0.2, -0.15) is 0 Å². The van der Waals surface area contributed by atoms with Crippen LogP contribution >= 0.6 is 0 Å². The molecule has 1 aliphatic heterocycles. The molecule has 3 atom stereocenters. The van der Waals surface area contributed by atoms with Crippen LogP contribution in [0.25, 0.3) is 0 Å². The number of benzene rings is 1. The highest BCUT2D eigenvalue weighted by Crippen LogP contribution is 2.33. The van der Waals surface area contributed by atoms with Crippen molar-refractivity contribution in [2.24, 2.45) is 0 Å². The van der Waals surface area contributed by atoms with Crippen molar-refractivity contribution in [2.75, 3.05) is 13.2 Å². The van der Waals surface area contributed by atoms with Crippen molar-refractivity contribution in [1.82, 2.24) is 5.32 Å². The van der Waals surface area contributed by atoms with E-state index in [9.17, 15) is 5.11 Å². The van der Waals surface area contributed by atoms with Gasteiger partial charge in [-0.15, -0.1) is 0 Å². The summed E-state index contributed by atoms with van der Waals surface area (Å²) >= 11 is 0. The van der Waals surface area contributed by atoms with Crippen LogP contribution in [0.15, 0.2) is 18.2 Å². The molecular weight excluding hydrogens is 254 g/mol. The Morgan fingerprint density at radius 2 is 1.85 bits per heavy atom. The van der Waals surface area contributed by atoms with E-state index in [2.05, 4.69) is 26.1 Å². The van der Waals surface area contributed by atoms with Crippen LogP contribution in [0.2, 0.25) is 0 Å². The maximum Gasteiger partial charge on any atom is 0.161 e. The predicted octanol–water partition coefficient (Wildman–Crippen LogP) is 2.66. The summed E-state index contributed by atoms with van der Waals surface area (Å²) in [5.41, 5.74) is 0.872. The molecule has 0 saturated heterocycles. The molecule has 3 unspecified atom stereocenters. The monoisotopic (exact) mass is 279 g/mol. The summed E-state index contributed by atoms with van der Waals surface area (Å²) in [4.78, 5) is 0. The highest BCUT2D eigenvalue weighted by Gasteiger charge is 2.22. The average Bonchev–Trinajstić information content (AvgIpc) is 2.51. The summed E-state index contributed by atoms with van der Waals surface area (Å²) in [7, 11) is 0. The summed E-state index contributed by atoms with van der Waals surface area (Å²) < 4.78 is 11.1. The Hall–Kier alpha value is -1.26. The topological polar surface area (TPSA) is 50.7 Å². The molecule has 0 amide bonds. The maximum atomic E-state index is 10.6. The van der Waals surface area contributed by atoms with E-state index >= 15 is 0 Å². The minimum atomic E-state index is -0.537. The number of hydrogen-bond donors (Lipinski definition) is 2. The number of ether oxygens (including phenoxy) is 2. The van der Waals surface area contributed by atoms with Crippen LogP contribution in [-0.2, 0) is 0 Å². The van der Waals surface area contributed by atoms with Gasteiger partial charge in [-0.1, -0.05) is 19.9 Å². The van der Waals surface area contributed by atoms with Crippen molar-refractivity contribution < 1.29 is 14.6 Å². The molecule has 2 rings (SSSR count). The molecule has 1 aromatic rings. The van der Waals surface area contributed by atoms with Gasteiger partial charge in [-0.25, -0.2) is 0 Å². The molecule has 20 heavy (non-hydrogen) atoms. The number of fused-ring (bicyclic) bond motifs is 1. The lowest BCUT2D eigenvalue weighted by Gasteiger charge is -2.27. The fourth-order valence-corrected chi connectivity index (χ4v) is 2.39. The summed E-state index contributed by atoms with van der Waals surface area (Å²) in [6, 6.07) is 6.13. The van der Waals surface area contributed by atoms with Gasteiger partial charge in [-0.05, 0) is 37.5 Å². The Morgan fingerprint density at radius 1 is 1.15 bits per heavy atom. The molecule has 1 aromatic carbocycles. The van der Waals surface area contributed by atoms with E-state index in [1.165, 1.54) is 0 Å². The van der Waals surface area contributed by atoms with Crippen molar-refractivity contribution in [3.8, 4) is 11.5 Å². The molecule has 4 heteroatoms. The zero-order chi connectivity index (χ0) is 14.5. The third kappa shape index (κ3) is 3.44. The van der Waals surface area contributed by atoms with Gasteiger partial charge in [0, 0.05) is 12.1 Å². The fourth-order valence-electron chi connectivity index (χ4n) is 2.39. The van der Waals surface area contributed by atoms with E-state index in [0.717, 1.165) is 29.9 Å². The lowest BCUT2D eigenvalue weighted by molar-refractivity contribution is 0.118. The first kappa shape index (κ1) is 15.1. The van der Waals surface area contributed by atoms with Crippen LogP contribution in [0, 0.1) is 0 Å². The SMILES string of the molecule is CCC(C)NC(CC)C(O)c1ccc2c(c1)OCCO2. The molecule has 0 saturated carbocycles. The van der Waals surface area contributed by atoms with Gasteiger partial charge >= 0.3 is 0 Å². The summed E-state index contributed by atoms with van der Waals surface area (Å²) in [6.07, 6.45) is 1.38. The maximum absolute atomic E-state index is 10.6. The quantitative estimate of drug-likeness (QED) is 0.840. The lowest BCUT2D eigenvalue weighted by Crippen LogP contribution is -2.40. The Morgan fingerprint density at radius 3 is 2.50 bits per heavy atom. The van der Waals surface area contributed by atoms with Crippen LogP contribution in [0.4, 0.5) is 0 Å². The Labute approximate surface area is 121 Å². The van der Waals surface area contributed by atoms with E-state index < -0.39 is 6.10 Å². The molecule has 1 aliphatic rings. The van der Waals surface area contributed by atoms with Crippen LogP contribution in [0.3, 0.4) is 0 Å². The molecule has 0 aliphatic carbocycles. The molecule has 0 radical (unpaired) electrons. The first-order chi connectivity index (χ1) is 9.65. The van der Waals surface area contributed by atoms with E-state index in [4.69, 9.17) is 9.47 Å². The second-order valence-corrected chi connectivity index (χ2v) is 5.34. The normalized spacial score (nSPS) is 18.4. The molecule has 1 heterocycles. The smallest absolute Gasteiger partial charge is 0.161 e. The minimum absolute atomic E-state index is 0.0486. The third-order valence-corrected chi connectivity index (χ3v) is 3.84. The largest absolute Gasteiger partial charge is 0.486 e. The number of aliphatic hydroxyl groups excluding tert-OH is 1. The molecule has 0 fully saturated rings. The van der Waals surface area contributed by atoms with E-state index in [0.29, 0.717) is 19.3 Å². The average molecular weight is 279 g/mol. The van der Waals surface area contributed by atoms with Crippen molar-refractivity contribution >= 4 is 0 Å². The molecule has 0 spiro atoms. The number of hydrogen-bond acceptors (Lipinski definition) is 4. The van der Waals surface area contributed by atoms with Crippen molar-refractivity contribution in [2.45, 2.75) is 51.8 Å². The molecule has 0 aromatic heterocycles. The molecular formula is C16H25NO3. The summed E-state index contributed by atoms with van der Waals surface area (Å²) in [5.74, 6) is 1.49. The van der Waals surface area contributed by atoms with Gasteiger partial charge in [0.15, 0.2) is 11.5 Å². The predicted molar refractivity (Wildman–Crippen MR) is 79.4 cm³/mol.